The molecule has 0 spiro atoms. The van der Waals surface area contributed by atoms with Gasteiger partial charge in [-0.15, -0.1) is 0 Å². The molecule has 1 heterocycles. The van der Waals surface area contributed by atoms with Crippen LogP contribution < -0.4 is 15.6 Å². The second-order valence-electron chi connectivity index (χ2n) is 5.93. The van der Waals surface area contributed by atoms with Crippen molar-refractivity contribution in [3.8, 4) is 5.75 Å². The van der Waals surface area contributed by atoms with Crippen LogP contribution >= 0.6 is 0 Å². The summed E-state index contributed by atoms with van der Waals surface area (Å²) in [5, 5.41) is 2.82. The lowest BCUT2D eigenvalue weighted by atomic mass is 9.97. The maximum Gasteiger partial charge on any atom is 0.257 e. The van der Waals surface area contributed by atoms with Gasteiger partial charge in [0.1, 0.15) is 12.3 Å². The van der Waals surface area contributed by atoms with Crippen molar-refractivity contribution >= 4 is 5.91 Å². The van der Waals surface area contributed by atoms with E-state index in [2.05, 4.69) is 10.3 Å². The third kappa shape index (κ3) is 3.64. The van der Waals surface area contributed by atoms with Crippen molar-refractivity contribution in [1.29, 1.82) is 0 Å². The molecule has 0 atom stereocenters. The number of aryl methyl sites for hydroxylation is 1. The van der Waals surface area contributed by atoms with Crippen molar-refractivity contribution < 1.29 is 9.53 Å². The summed E-state index contributed by atoms with van der Waals surface area (Å²) in [5.41, 5.74) is 2.55. The van der Waals surface area contributed by atoms with E-state index in [0.717, 1.165) is 48.3 Å². The number of hydrogen-bond donors (Lipinski definition) is 1. The quantitative estimate of drug-likeness (QED) is 0.902. The highest BCUT2D eigenvalue weighted by molar-refractivity contribution is 5.75. The van der Waals surface area contributed by atoms with E-state index in [9.17, 15) is 9.59 Å². The molecule has 0 saturated carbocycles. The minimum Gasteiger partial charge on any atom is -0.497 e. The molecule has 0 aliphatic heterocycles. The topological polar surface area (TPSA) is 73.2 Å². The Morgan fingerprint density at radius 3 is 2.75 bits per heavy atom. The zero-order valence-electron chi connectivity index (χ0n) is 13.7. The zero-order chi connectivity index (χ0) is 16.9. The van der Waals surface area contributed by atoms with E-state index < -0.39 is 0 Å². The maximum absolute atomic E-state index is 12.4. The van der Waals surface area contributed by atoms with Gasteiger partial charge < -0.3 is 10.1 Å². The first-order chi connectivity index (χ1) is 11.7. The number of nitrogens with one attached hydrogen (secondary N) is 1. The number of amides is 1. The van der Waals surface area contributed by atoms with E-state index in [1.165, 1.54) is 10.9 Å². The van der Waals surface area contributed by atoms with Crippen LogP contribution in [0.1, 0.15) is 29.7 Å². The predicted octanol–water partition coefficient (Wildman–Crippen LogP) is 1.45. The Kier molecular flexibility index (Phi) is 4.93. The molecule has 3 rings (SSSR count). The lowest BCUT2D eigenvalue weighted by molar-refractivity contribution is -0.121. The standard InChI is InChI=1S/C18H21N3O3/c1-24-14-8-6-13(7-9-14)10-19-17(22)11-21-12-20-16-5-3-2-4-15(16)18(21)23/h6-9,12H,2-5,10-11H2,1H3,(H,19,22). The predicted molar refractivity (Wildman–Crippen MR) is 90.0 cm³/mol. The first-order valence-corrected chi connectivity index (χ1v) is 8.14. The normalized spacial score (nSPS) is 13.2. The number of benzene rings is 1. The number of aromatic nitrogens is 2. The minimum absolute atomic E-state index is 0.00469. The van der Waals surface area contributed by atoms with E-state index >= 15 is 0 Å². The highest BCUT2D eigenvalue weighted by Crippen LogP contribution is 2.15. The molecule has 0 fully saturated rings. The SMILES string of the molecule is COc1ccc(CNC(=O)Cn2cnc3c(c2=O)CCCC3)cc1. The van der Waals surface area contributed by atoms with Gasteiger partial charge in [0.05, 0.1) is 19.1 Å². The molecule has 6 nitrogen and oxygen atoms in total. The Hall–Kier alpha value is -2.63. The van der Waals surface area contributed by atoms with Crippen LogP contribution in [0.5, 0.6) is 5.75 Å². The maximum atomic E-state index is 12.4. The summed E-state index contributed by atoms with van der Waals surface area (Å²) in [6.07, 6.45) is 5.19. The lowest BCUT2D eigenvalue weighted by Crippen LogP contribution is -2.34. The van der Waals surface area contributed by atoms with Gasteiger partial charge in [-0.3, -0.25) is 14.2 Å². The molecule has 1 amide bonds. The van der Waals surface area contributed by atoms with Crippen LogP contribution in [0.25, 0.3) is 0 Å². The van der Waals surface area contributed by atoms with E-state index in [-0.39, 0.29) is 18.0 Å². The van der Waals surface area contributed by atoms with Crippen LogP contribution in [-0.2, 0) is 30.7 Å². The molecule has 0 unspecified atom stereocenters. The molecular formula is C18H21N3O3. The number of rotatable bonds is 5. The van der Waals surface area contributed by atoms with Crippen molar-refractivity contribution in [2.75, 3.05) is 7.11 Å². The zero-order valence-corrected chi connectivity index (χ0v) is 13.7. The Morgan fingerprint density at radius 2 is 2.00 bits per heavy atom. The smallest absolute Gasteiger partial charge is 0.257 e. The molecular weight excluding hydrogens is 306 g/mol. The molecule has 1 aromatic heterocycles. The van der Waals surface area contributed by atoms with Gasteiger partial charge in [0.25, 0.3) is 5.56 Å². The summed E-state index contributed by atoms with van der Waals surface area (Å²) in [6.45, 7) is 0.408. The van der Waals surface area contributed by atoms with E-state index in [1.54, 1.807) is 7.11 Å². The Bertz CT molecular complexity index is 781. The Labute approximate surface area is 140 Å². The van der Waals surface area contributed by atoms with Crippen LogP contribution in [0.4, 0.5) is 0 Å². The first kappa shape index (κ1) is 16.2. The highest BCUT2D eigenvalue weighted by atomic mass is 16.5. The average Bonchev–Trinajstić information content (AvgIpc) is 2.63. The monoisotopic (exact) mass is 327 g/mol. The number of nitrogens with zero attached hydrogens (tertiary/aromatic N) is 2. The number of hydrogen-bond acceptors (Lipinski definition) is 4. The largest absolute Gasteiger partial charge is 0.497 e. The summed E-state index contributed by atoms with van der Waals surface area (Å²) in [7, 11) is 1.61. The summed E-state index contributed by atoms with van der Waals surface area (Å²) in [6, 6.07) is 7.48. The molecule has 6 heteroatoms. The molecule has 1 aromatic carbocycles. The van der Waals surface area contributed by atoms with Crippen LogP contribution in [0, 0.1) is 0 Å². The molecule has 24 heavy (non-hydrogen) atoms. The van der Waals surface area contributed by atoms with Crippen molar-refractivity contribution in [3.63, 3.8) is 0 Å². The fourth-order valence-electron chi connectivity index (χ4n) is 2.89. The number of carbonyl (C=O) groups is 1. The van der Waals surface area contributed by atoms with Gasteiger partial charge >= 0.3 is 0 Å². The molecule has 0 bridgehead atoms. The van der Waals surface area contributed by atoms with E-state index in [4.69, 9.17) is 4.74 Å². The van der Waals surface area contributed by atoms with Gasteiger partial charge in [0, 0.05) is 12.1 Å². The van der Waals surface area contributed by atoms with Gasteiger partial charge in [0.2, 0.25) is 5.91 Å². The van der Waals surface area contributed by atoms with Crippen molar-refractivity contribution in [1.82, 2.24) is 14.9 Å². The van der Waals surface area contributed by atoms with Gasteiger partial charge in [-0.05, 0) is 43.4 Å². The van der Waals surface area contributed by atoms with Crippen molar-refractivity contribution in [3.05, 3.63) is 57.8 Å². The number of ether oxygens (including phenoxy) is 1. The minimum atomic E-state index is -0.203. The van der Waals surface area contributed by atoms with Gasteiger partial charge in [-0.2, -0.15) is 0 Å². The summed E-state index contributed by atoms with van der Waals surface area (Å²) in [5.74, 6) is 0.572. The van der Waals surface area contributed by atoms with E-state index in [0.29, 0.717) is 6.54 Å². The Balaban J connectivity index is 1.61. The second kappa shape index (κ2) is 7.29. The van der Waals surface area contributed by atoms with Gasteiger partial charge in [-0.1, -0.05) is 12.1 Å². The summed E-state index contributed by atoms with van der Waals surface area (Å²) >= 11 is 0. The van der Waals surface area contributed by atoms with Crippen LogP contribution in [-0.4, -0.2) is 22.6 Å². The molecule has 0 saturated heterocycles. The van der Waals surface area contributed by atoms with Crippen molar-refractivity contribution in [2.24, 2.45) is 0 Å². The van der Waals surface area contributed by atoms with Gasteiger partial charge in [0.15, 0.2) is 0 Å². The third-order valence-corrected chi connectivity index (χ3v) is 4.27. The van der Waals surface area contributed by atoms with Crippen molar-refractivity contribution in [2.45, 2.75) is 38.8 Å². The lowest BCUT2D eigenvalue weighted by Gasteiger charge is -2.15. The molecule has 1 N–H and O–H groups in total. The Morgan fingerprint density at radius 1 is 1.25 bits per heavy atom. The van der Waals surface area contributed by atoms with Crippen LogP contribution in [0.3, 0.4) is 0 Å². The fraction of sp³-hybridized carbons (Fsp3) is 0.389. The van der Waals surface area contributed by atoms with E-state index in [1.807, 2.05) is 24.3 Å². The summed E-state index contributed by atoms with van der Waals surface area (Å²) < 4.78 is 6.50. The van der Waals surface area contributed by atoms with Crippen LogP contribution in [0.2, 0.25) is 0 Å². The van der Waals surface area contributed by atoms with Gasteiger partial charge in [-0.25, -0.2) is 4.98 Å². The second-order valence-corrected chi connectivity index (χ2v) is 5.93. The molecule has 2 aromatic rings. The fourth-order valence-corrected chi connectivity index (χ4v) is 2.89. The number of fused-ring (bicyclic) bond motifs is 1. The highest BCUT2D eigenvalue weighted by Gasteiger charge is 2.16. The molecule has 1 aliphatic carbocycles. The molecule has 1 aliphatic rings. The third-order valence-electron chi connectivity index (χ3n) is 4.27. The summed E-state index contributed by atoms with van der Waals surface area (Å²) in [4.78, 5) is 28.9. The van der Waals surface area contributed by atoms with Crippen LogP contribution in [0.15, 0.2) is 35.4 Å². The average molecular weight is 327 g/mol. The number of methoxy groups -OCH3 is 1. The number of carbonyl (C=O) groups excluding carboxylic acids is 1. The first-order valence-electron chi connectivity index (χ1n) is 8.14. The molecule has 0 radical (unpaired) electrons. The molecule has 126 valence electrons.